The number of nitrogens with two attached hydrogens (primary N) is 1. The Morgan fingerprint density at radius 1 is 1.53 bits per heavy atom. The van der Waals surface area contributed by atoms with Gasteiger partial charge in [0.2, 0.25) is 0 Å². The second-order valence-electron chi connectivity index (χ2n) is 2.63. The molecule has 0 atom stereocenters. The molecule has 1 aromatic heterocycles. The van der Waals surface area contributed by atoms with Gasteiger partial charge in [0, 0.05) is 26.5 Å². The van der Waals surface area contributed by atoms with E-state index in [1.165, 1.54) is 32.5 Å². The van der Waals surface area contributed by atoms with Crippen molar-refractivity contribution < 1.29 is 19.0 Å². The Morgan fingerprint density at radius 2 is 2.13 bits per heavy atom. The number of carbonyl (C=O) groups excluding carboxylic acids is 1. The summed E-state index contributed by atoms with van der Waals surface area (Å²) in [5.41, 5.74) is 5.78. The van der Waals surface area contributed by atoms with Crippen LogP contribution in [0.1, 0.15) is 12.6 Å². The van der Waals surface area contributed by atoms with Crippen LogP contribution in [-0.4, -0.2) is 25.2 Å². The molecular formula is C8H12N2O4S. The molecule has 0 aliphatic carbocycles. The monoisotopic (exact) mass is 232 g/mol. The molecule has 0 spiro atoms. The molecule has 1 aromatic rings. The van der Waals surface area contributed by atoms with Crippen molar-refractivity contribution in [2.24, 2.45) is 0 Å². The molecule has 0 aliphatic rings. The van der Waals surface area contributed by atoms with Crippen molar-refractivity contribution in [2.45, 2.75) is 12.9 Å². The maximum Gasteiger partial charge on any atom is 0.376 e. The molecule has 0 bridgehead atoms. The third-order valence-corrected chi connectivity index (χ3v) is 2.33. The Kier molecular flexibility index (Phi) is 3.61. The van der Waals surface area contributed by atoms with Gasteiger partial charge in [-0.25, -0.2) is 4.98 Å². The van der Waals surface area contributed by atoms with Gasteiger partial charge in [-0.3, -0.25) is 4.79 Å². The first kappa shape index (κ1) is 11.9. The van der Waals surface area contributed by atoms with E-state index in [0.717, 1.165) is 0 Å². The van der Waals surface area contributed by atoms with Gasteiger partial charge in [-0.1, -0.05) is 0 Å². The van der Waals surface area contributed by atoms with Crippen LogP contribution in [-0.2, 0) is 25.0 Å². The van der Waals surface area contributed by atoms with Crippen molar-refractivity contribution in [3.8, 4) is 0 Å². The van der Waals surface area contributed by atoms with Gasteiger partial charge < -0.3 is 19.9 Å². The predicted octanol–water partition coefficient (Wildman–Crippen LogP) is 0.692. The maximum absolute atomic E-state index is 10.9. The number of hydrogen-bond acceptors (Lipinski definition) is 7. The van der Waals surface area contributed by atoms with Gasteiger partial charge in [-0.15, -0.1) is 11.3 Å². The minimum absolute atomic E-state index is 0.310. The number of nitrogen functional groups attached to an aromatic ring is 1. The average molecular weight is 232 g/mol. The van der Waals surface area contributed by atoms with E-state index in [1.54, 1.807) is 5.38 Å². The molecule has 2 N–H and O–H groups in total. The molecule has 0 saturated carbocycles. The highest BCUT2D eigenvalue weighted by Crippen LogP contribution is 2.29. The number of rotatable bonds is 4. The van der Waals surface area contributed by atoms with Crippen LogP contribution in [0.25, 0.3) is 0 Å². The molecule has 7 heteroatoms. The van der Waals surface area contributed by atoms with E-state index in [9.17, 15) is 4.79 Å². The highest BCUT2D eigenvalue weighted by molar-refractivity contribution is 7.13. The van der Waals surface area contributed by atoms with Crippen LogP contribution in [0.3, 0.4) is 0 Å². The summed E-state index contributed by atoms with van der Waals surface area (Å²) >= 11 is 1.20. The van der Waals surface area contributed by atoms with E-state index in [4.69, 9.17) is 19.9 Å². The molecule has 1 rings (SSSR count). The minimum Gasteiger partial charge on any atom is -0.403 e. The summed E-state index contributed by atoms with van der Waals surface area (Å²) in [6, 6.07) is 0. The molecule has 1 heterocycles. The lowest BCUT2D eigenvalue weighted by Gasteiger charge is -2.27. The number of nitrogens with zero attached hydrogens (tertiary/aromatic N) is 1. The van der Waals surface area contributed by atoms with E-state index in [-0.39, 0.29) is 0 Å². The number of aromatic nitrogens is 1. The van der Waals surface area contributed by atoms with Gasteiger partial charge in [0.25, 0.3) is 0 Å². The number of ether oxygens (including phenoxy) is 3. The topological polar surface area (TPSA) is 83.7 Å². The Morgan fingerprint density at radius 3 is 2.47 bits per heavy atom. The molecule has 84 valence electrons. The van der Waals surface area contributed by atoms with Crippen molar-refractivity contribution in [3.63, 3.8) is 0 Å². The summed E-state index contributed by atoms with van der Waals surface area (Å²) in [6.07, 6.45) is 0. The smallest absolute Gasteiger partial charge is 0.376 e. The lowest BCUT2D eigenvalue weighted by atomic mass is 10.4. The Hall–Kier alpha value is -1.18. The lowest BCUT2D eigenvalue weighted by molar-refractivity contribution is -0.356. The highest BCUT2D eigenvalue weighted by Gasteiger charge is 2.39. The van der Waals surface area contributed by atoms with E-state index in [1.807, 2.05) is 0 Å². The van der Waals surface area contributed by atoms with E-state index < -0.39 is 11.9 Å². The van der Waals surface area contributed by atoms with Gasteiger partial charge in [-0.2, -0.15) is 0 Å². The molecule has 0 aliphatic heterocycles. The zero-order valence-corrected chi connectivity index (χ0v) is 9.46. The Bertz CT molecular complexity index is 348. The van der Waals surface area contributed by atoms with Crippen molar-refractivity contribution in [1.82, 2.24) is 4.98 Å². The summed E-state index contributed by atoms with van der Waals surface area (Å²) in [6.45, 7) is 1.25. The zero-order chi connectivity index (χ0) is 11.5. The van der Waals surface area contributed by atoms with Crippen LogP contribution in [0.2, 0.25) is 0 Å². The summed E-state index contributed by atoms with van der Waals surface area (Å²) in [4.78, 5) is 14.9. The molecule has 0 amide bonds. The Balaban J connectivity index is 3.04. The Labute approximate surface area is 91.0 Å². The second-order valence-corrected chi connectivity index (χ2v) is 3.52. The van der Waals surface area contributed by atoms with Gasteiger partial charge in [0.1, 0.15) is 0 Å². The number of anilines is 1. The maximum atomic E-state index is 10.9. The van der Waals surface area contributed by atoms with Gasteiger partial charge >= 0.3 is 11.9 Å². The summed E-state index contributed by atoms with van der Waals surface area (Å²) in [7, 11) is 2.70. The van der Waals surface area contributed by atoms with Crippen LogP contribution >= 0.6 is 11.3 Å². The van der Waals surface area contributed by atoms with Crippen LogP contribution in [0, 0.1) is 0 Å². The number of thiazole rings is 1. The zero-order valence-electron chi connectivity index (χ0n) is 8.64. The van der Waals surface area contributed by atoms with Crippen LogP contribution in [0.15, 0.2) is 5.38 Å². The summed E-state index contributed by atoms with van der Waals surface area (Å²) in [5.74, 6) is -2.15. The van der Waals surface area contributed by atoms with E-state index in [2.05, 4.69) is 4.98 Å². The standard InChI is InChI=1S/C8H12N2O4S/c1-5(11)14-8(12-2,13-3)6-4-15-7(9)10-6/h4H,1-3H3,(H2,9,10). The average Bonchev–Trinajstić information content (AvgIpc) is 2.61. The number of hydrogen-bond donors (Lipinski definition) is 1. The van der Waals surface area contributed by atoms with Crippen molar-refractivity contribution >= 4 is 22.4 Å². The molecule has 6 nitrogen and oxygen atoms in total. The predicted molar refractivity (Wildman–Crippen MR) is 54.0 cm³/mol. The largest absolute Gasteiger partial charge is 0.403 e. The minimum atomic E-state index is -1.61. The molecular weight excluding hydrogens is 220 g/mol. The SMILES string of the molecule is COC(OC)(OC(C)=O)c1csc(N)n1. The third kappa shape index (κ3) is 2.44. The van der Waals surface area contributed by atoms with E-state index in [0.29, 0.717) is 10.8 Å². The summed E-state index contributed by atoms with van der Waals surface area (Å²) in [5, 5.41) is 1.95. The fourth-order valence-corrected chi connectivity index (χ4v) is 1.63. The fraction of sp³-hybridized carbons (Fsp3) is 0.500. The van der Waals surface area contributed by atoms with Crippen LogP contribution in [0.4, 0.5) is 5.13 Å². The summed E-state index contributed by atoms with van der Waals surface area (Å²) < 4.78 is 15.0. The lowest BCUT2D eigenvalue weighted by Crippen LogP contribution is -2.36. The molecule has 0 fully saturated rings. The van der Waals surface area contributed by atoms with Crippen LogP contribution in [0.5, 0.6) is 0 Å². The van der Waals surface area contributed by atoms with Crippen LogP contribution < -0.4 is 5.73 Å². The van der Waals surface area contributed by atoms with Gasteiger partial charge in [0.05, 0.1) is 0 Å². The first-order valence-corrected chi connectivity index (χ1v) is 4.93. The molecule has 0 unspecified atom stereocenters. The fourth-order valence-electron chi connectivity index (χ4n) is 1.05. The normalized spacial score (nSPS) is 11.4. The molecule has 0 radical (unpaired) electrons. The van der Waals surface area contributed by atoms with Crippen molar-refractivity contribution in [3.05, 3.63) is 11.1 Å². The molecule has 15 heavy (non-hydrogen) atoms. The molecule has 0 aromatic carbocycles. The number of esters is 1. The number of carbonyl (C=O) groups is 1. The van der Waals surface area contributed by atoms with E-state index >= 15 is 0 Å². The third-order valence-electron chi connectivity index (χ3n) is 1.65. The second kappa shape index (κ2) is 4.56. The highest BCUT2D eigenvalue weighted by atomic mass is 32.1. The molecule has 0 saturated heterocycles. The van der Waals surface area contributed by atoms with Crippen molar-refractivity contribution in [2.75, 3.05) is 20.0 Å². The van der Waals surface area contributed by atoms with Gasteiger partial charge in [0.15, 0.2) is 10.8 Å². The van der Waals surface area contributed by atoms with Gasteiger partial charge in [-0.05, 0) is 0 Å². The number of methoxy groups -OCH3 is 2. The van der Waals surface area contributed by atoms with Crippen molar-refractivity contribution in [1.29, 1.82) is 0 Å². The quantitative estimate of drug-likeness (QED) is 0.607. The first-order valence-electron chi connectivity index (χ1n) is 4.05. The first-order chi connectivity index (χ1) is 7.04.